The van der Waals surface area contributed by atoms with E-state index >= 15 is 0 Å². The summed E-state index contributed by atoms with van der Waals surface area (Å²) in [6.07, 6.45) is 2.71. The maximum atomic E-state index is 11.4. The van der Waals surface area contributed by atoms with Crippen LogP contribution in [-0.2, 0) is 3.07 Å². The molecule has 2 aromatic heterocycles. The first-order valence-corrected chi connectivity index (χ1v) is 7.02. The van der Waals surface area contributed by atoms with Crippen molar-refractivity contribution in [3.63, 3.8) is 0 Å². The van der Waals surface area contributed by atoms with E-state index in [1.54, 1.807) is 6.07 Å². The molecule has 0 spiro atoms. The van der Waals surface area contributed by atoms with Crippen LogP contribution in [0.15, 0.2) is 24.4 Å². The highest BCUT2D eigenvalue weighted by atomic mass is 127. The topological polar surface area (TPSA) is 55.3 Å². The molecule has 5 nitrogen and oxygen atoms in total. The van der Waals surface area contributed by atoms with Crippen molar-refractivity contribution >= 4 is 22.8 Å². The quantitative estimate of drug-likeness (QED) is 0.608. The van der Waals surface area contributed by atoms with Gasteiger partial charge in [0.05, 0.1) is 5.56 Å². The molecule has 1 unspecified atom stereocenters. The minimum atomic E-state index is -0.375. The van der Waals surface area contributed by atoms with Crippen LogP contribution >= 0.6 is 0 Å². The zero-order valence-corrected chi connectivity index (χ0v) is 12.7. The van der Waals surface area contributed by atoms with Gasteiger partial charge in [-0.3, -0.25) is 0 Å². The molecule has 3 heterocycles. The maximum absolute atomic E-state index is 11.4. The fraction of sp³-hybridized carbons (Fsp3) is 0.308. The van der Waals surface area contributed by atoms with Gasteiger partial charge in [-0.1, -0.05) is 0 Å². The van der Waals surface area contributed by atoms with Crippen molar-refractivity contribution in [3.05, 3.63) is 30.0 Å². The number of aromatic nitrogens is 2. The number of pyridine rings is 2. The summed E-state index contributed by atoms with van der Waals surface area (Å²) in [7, 11) is 0. The first kappa shape index (κ1) is 12.6. The SMILES string of the molecule is CC1CCN1c1ccc2cc(C(=O)O[IH+])cnc2n1. The number of hydrogen-bond acceptors (Lipinski definition) is 5. The highest BCUT2D eigenvalue weighted by Gasteiger charge is 2.24. The third kappa shape index (κ3) is 2.24. The van der Waals surface area contributed by atoms with Gasteiger partial charge in [0.2, 0.25) is 0 Å². The Bertz CT molecular complexity index is 647. The highest BCUT2D eigenvalue weighted by molar-refractivity contribution is 5.92. The summed E-state index contributed by atoms with van der Waals surface area (Å²) in [5.74, 6) is 0.574. The predicted molar refractivity (Wildman–Crippen MR) is 67.8 cm³/mol. The van der Waals surface area contributed by atoms with E-state index in [0.717, 1.165) is 17.7 Å². The van der Waals surface area contributed by atoms with Gasteiger partial charge >= 0.3 is 29.0 Å². The van der Waals surface area contributed by atoms with Crippen molar-refractivity contribution in [2.24, 2.45) is 0 Å². The number of hydrogen-bond donors (Lipinski definition) is 0. The predicted octanol–water partition coefficient (Wildman–Crippen LogP) is -1.41. The van der Waals surface area contributed by atoms with Gasteiger partial charge in [-0.05, 0) is 31.5 Å². The van der Waals surface area contributed by atoms with E-state index in [2.05, 4.69) is 21.8 Å². The molecular weight excluding hydrogens is 357 g/mol. The van der Waals surface area contributed by atoms with E-state index in [1.165, 1.54) is 35.6 Å². The highest BCUT2D eigenvalue weighted by Crippen LogP contribution is 2.25. The molecule has 0 saturated carbocycles. The first-order valence-electron chi connectivity index (χ1n) is 6.06. The van der Waals surface area contributed by atoms with E-state index < -0.39 is 0 Å². The Labute approximate surface area is 124 Å². The number of fused-ring (bicyclic) bond motifs is 1. The second-order valence-electron chi connectivity index (χ2n) is 4.64. The van der Waals surface area contributed by atoms with Gasteiger partial charge in [-0.2, -0.15) is 0 Å². The summed E-state index contributed by atoms with van der Waals surface area (Å²) in [6.45, 7) is 3.23. The average molecular weight is 370 g/mol. The summed E-state index contributed by atoms with van der Waals surface area (Å²) in [5.41, 5.74) is 1.11. The fourth-order valence-corrected chi connectivity index (χ4v) is 2.45. The smallest absolute Gasteiger partial charge is 0.354 e. The van der Waals surface area contributed by atoms with Gasteiger partial charge in [0.1, 0.15) is 5.82 Å². The molecule has 1 saturated heterocycles. The Morgan fingerprint density at radius 2 is 2.37 bits per heavy atom. The van der Waals surface area contributed by atoms with E-state index in [1.807, 2.05) is 12.1 Å². The molecule has 0 radical (unpaired) electrons. The lowest BCUT2D eigenvalue weighted by Crippen LogP contribution is -3.34. The third-order valence-corrected chi connectivity index (χ3v) is 3.89. The van der Waals surface area contributed by atoms with Crippen LogP contribution in [0, 0.1) is 0 Å². The molecule has 0 bridgehead atoms. The summed E-state index contributed by atoms with van der Waals surface area (Å²) in [5, 5.41) is 0.848. The second-order valence-corrected chi connectivity index (χ2v) is 5.12. The molecule has 1 atom stereocenters. The number of nitrogens with zero attached hydrogens (tertiary/aromatic N) is 3. The Balaban J connectivity index is 1.98. The molecule has 0 aromatic carbocycles. The lowest BCUT2D eigenvalue weighted by atomic mass is 10.1. The van der Waals surface area contributed by atoms with Crippen LogP contribution < -0.4 is 27.9 Å². The minimum Gasteiger partial charge on any atom is -0.354 e. The van der Waals surface area contributed by atoms with Crippen molar-refractivity contribution < 1.29 is 30.9 Å². The van der Waals surface area contributed by atoms with Gasteiger partial charge in [0.15, 0.2) is 5.65 Å². The van der Waals surface area contributed by atoms with Crippen LogP contribution in [-0.4, -0.2) is 28.5 Å². The lowest BCUT2D eigenvalue weighted by molar-refractivity contribution is -0.653. The second kappa shape index (κ2) is 4.92. The first-order chi connectivity index (χ1) is 9.19. The molecular formula is C13H13IN3O2+. The van der Waals surface area contributed by atoms with Crippen molar-refractivity contribution in [2.45, 2.75) is 19.4 Å². The average Bonchev–Trinajstić information content (AvgIpc) is 2.44. The molecule has 19 heavy (non-hydrogen) atoms. The lowest BCUT2D eigenvalue weighted by Gasteiger charge is -2.39. The zero-order chi connectivity index (χ0) is 13.4. The van der Waals surface area contributed by atoms with Gasteiger partial charge in [0, 0.05) is 24.2 Å². The minimum absolute atomic E-state index is 0.375. The zero-order valence-electron chi connectivity index (χ0n) is 10.4. The molecule has 3 rings (SSSR count). The Kier molecular flexibility index (Phi) is 3.26. The molecule has 0 N–H and O–H groups in total. The monoisotopic (exact) mass is 370 g/mol. The van der Waals surface area contributed by atoms with Gasteiger partial charge in [-0.15, -0.1) is 0 Å². The van der Waals surface area contributed by atoms with Crippen LogP contribution in [0.3, 0.4) is 0 Å². The van der Waals surface area contributed by atoms with E-state index in [4.69, 9.17) is 3.07 Å². The number of carbonyl (C=O) groups excluding carboxylic acids is 1. The van der Waals surface area contributed by atoms with Crippen LogP contribution in [0.2, 0.25) is 0 Å². The molecule has 6 heteroatoms. The molecule has 2 aromatic rings. The van der Waals surface area contributed by atoms with Crippen molar-refractivity contribution in [3.8, 4) is 0 Å². The van der Waals surface area contributed by atoms with Crippen molar-refractivity contribution in [1.29, 1.82) is 0 Å². The van der Waals surface area contributed by atoms with Crippen LogP contribution in [0.1, 0.15) is 23.7 Å². The Morgan fingerprint density at radius 3 is 3.00 bits per heavy atom. The molecule has 98 valence electrons. The standard InChI is InChI=1S/C13H13IN3O2/c1-8-4-5-17(8)11-3-2-9-6-10(13(18)19-14)7-15-12(9)16-11/h2-3,6-8,14H,4-5H2,1H3/q+1. The van der Waals surface area contributed by atoms with Gasteiger partial charge < -0.3 is 4.90 Å². The Morgan fingerprint density at radius 1 is 1.53 bits per heavy atom. The van der Waals surface area contributed by atoms with Crippen LogP contribution in [0.4, 0.5) is 5.82 Å². The van der Waals surface area contributed by atoms with Gasteiger partial charge in [0.25, 0.3) is 0 Å². The normalized spacial score (nSPS) is 18.2. The third-order valence-electron chi connectivity index (χ3n) is 3.45. The molecule has 1 fully saturated rings. The summed E-state index contributed by atoms with van der Waals surface area (Å²) in [4.78, 5) is 22.5. The molecule has 0 amide bonds. The Hall–Kier alpha value is -1.44. The van der Waals surface area contributed by atoms with E-state index in [0.29, 0.717) is 17.3 Å². The van der Waals surface area contributed by atoms with Crippen molar-refractivity contribution in [2.75, 3.05) is 11.4 Å². The van der Waals surface area contributed by atoms with Crippen LogP contribution in [0.5, 0.6) is 0 Å². The molecule has 0 aliphatic carbocycles. The largest absolute Gasteiger partial charge is 0.520 e. The fourth-order valence-electron chi connectivity index (χ4n) is 2.18. The molecule has 1 aliphatic rings. The summed E-state index contributed by atoms with van der Waals surface area (Å²) >= 11 is 1.29. The van der Waals surface area contributed by atoms with Crippen molar-refractivity contribution in [1.82, 2.24) is 9.97 Å². The van der Waals surface area contributed by atoms with E-state index in [-0.39, 0.29) is 5.97 Å². The van der Waals surface area contributed by atoms with Crippen LogP contribution in [0.25, 0.3) is 11.0 Å². The summed E-state index contributed by atoms with van der Waals surface area (Å²) < 4.78 is 4.69. The van der Waals surface area contributed by atoms with Gasteiger partial charge in [-0.25, -0.2) is 17.8 Å². The van der Waals surface area contributed by atoms with E-state index in [9.17, 15) is 4.79 Å². The number of anilines is 1. The summed E-state index contributed by atoms with van der Waals surface area (Å²) in [6, 6.07) is 6.22. The number of halogens is 1. The number of rotatable bonds is 2. The maximum Gasteiger partial charge on any atom is 0.520 e. The molecule has 1 aliphatic heterocycles. The number of carbonyl (C=O) groups is 1.